The maximum absolute atomic E-state index is 12.9. The summed E-state index contributed by atoms with van der Waals surface area (Å²) in [5, 5.41) is 0.372. The average Bonchev–Trinajstić information content (AvgIpc) is 3.02. The van der Waals surface area contributed by atoms with Crippen molar-refractivity contribution in [3.8, 4) is 0 Å². The number of nitrogens with zero attached hydrogens (tertiary/aromatic N) is 1. The molecule has 0 aromatic rings. The Labute approximate surface area is 278 Å². The first kappa shape index (κ1) is 41.3. The highest BCUT2D eigenvalue weighted by atomic mass is 32.2. The first-order valence-corrected chi connectivity index (χ1v) is 20.2. The Morgan fingerprint density at radius 2 is 1.27 bits per heavy atom. The molecule has 1 aliphatic heterocycles. The number of hydrogen-bond donors (Lipinski definition) is 0. The zero-order valence-electron chi connectivity index (χ0n) is 29.7. The molecule has 6 heteroatoms. The third-order valence-electron chi connectivity index (χ3n) is 9.33. The summed E-state index contributed by atoms with van der Waals surface area (Å²) < 4.78 is 11.4. The minimum absolute atomic E-state index is 0.00933. The van der Waals surface area contributed by atoms with E-state index in [1.807, 2.05) is 11.8 Å². The summed E-state index contributed by atoms with van der Waals surface area (Å²) in [7, 11) is 2.18. The summed E-state index contributed by atoms with van der Waals surface area (Å²) in [6.45, 7) is 9.92. The van der Waals surface area contributed by atoms with Crippen LogP contribution in [-0.4, -0.2) is 61.2 Å². The van der Waals surface area contributed by atoms with Crippen molar-refractivity contribution in [1.29, 1.82) is 0 Å². The number of piperidine rings is 1. The van der Waals surface area contributed by atoms with Gasteiger partial charge in [-0.15, -0.1) is 0 Å². The summed E-state index contributed by atoms with van der Waals surface area (Å²) in [6.07, 6.45) is 28.4. The first-order chi connectivity index (χ1) is 21.5. The van der Waals surface area contributed by atoms with Gasteiger partial charge in [-0.3, -0.25) is 9.59 Å². The van der Waals surface area contributed by atoms with Gasteiger partial charge in [0.2, 0.25) is 0 Å². The number of carbonyl (C=O) groups excluding carboxylic acids is 2. The molecular formula is C38H73NO4S. The van der Waals surface area contributed by atoms with Crippen LogP contribution in [0, 0.1) is 11.8 Å². The van der Waals surface area contributed by atoms with E-state index in [0.717, 1.165) is 57.4 Å². The zero-order valence-corrected chi connectivity index (χ0v) is 30.5. The van der Waals surface area contributed by atoms with E-state index in [0.29, 0.717) is 30.8 Å². The topological polar surface area (TPSA) is 55.8 Å². The minimum Gasteiger partial charge on any atom is -0.465 e. The predicted octanol–water partition coefficient (Wildman–Crippen LogP) is 10.8. The lowest BCUT2D eigenvalue weighted by molar-refractivity contribution is -0.150. The maximum atomic E-state index is 12.9. The Kier molecular flexibility index (Phi) is 27.8. The molecule has 0 aliphatic carbocycles. The van der Waals surface area contributed by atoms with E-state index in [1.165, 1.54) is 109 Å². The van der Waals surface area contributed by atoms with Crippen LogP contribution in [0.3, 0.4) is 0 Å². The van der Waals surface area contributed by atoms with Gasteiger partial charge in [0, 0.05) is 18.2 Å². The van der Waals surface area contributed by atoms with Crippen molar-refractivity contribution in [2.24, 2.45) is 11.8 Å². The summed E-state index contributed by atoms with van der Waals surface area (Å²) in [6, 6.07) is 0. The molecule has 44 heavy (non-hydrogen) atoms. The molecule has 1 saturated heterocycles. The van der Waals surface area contributed by atoms with Crippen molar-refractivity contribution in [2.45, 2.75) is 180 Å². The Hall–Kier alpha value is -0.750. The summed E-state index contributed by atoms with van der Waals surface area (Å²) >= 11 is 2.00. The van der Waals surface area contributed by atoms with Gasteiger partial charge < -0.3 is 14.4 Å². The van der Waals surface area contributed by atoms with Crippen molar-refractivity contribution in [3.63, 3.8) is 0 Å². The van der Waals surface area contributed by atoms with E-state index >= 15 is 0 Å². The molecule has 1 fully saturated rings. The number of carbonyl (C=O) groups is 2. The quantitative estimate of drug-likeness (QED) is 0.0576. The normalized spacial score (nSPS) is 17.9. The lowest BCUT2D eigenvalue weighted by Gasteiger charge is -2.35. The molecule has 0 amide bonds. The summed E-state index contributed by atoms with van der Waals surface area (Å²) in [4.78, 5) is 27.6. The standard InChI is InChI=1S/C38H73NO4S/c1-5-8-11-13-17-20-24-31-44-36-32-39(4)29-28-35(36)38(41)42-30-23-19-16-14-15-18-22-27-37(40)43-33-34(25-10-7-3)26-21-12-9-6-2/h34-36H,5-33H2,1-4H3. The number of rotatable bonds is 30. The second kappa shape index (κ2) is 29.6. The highest BCUT2D eigenvalue weighted by Crippen LogP contribution is 2.30. The molecule has 0 saturated carbocycles. The molecule has 0 bridgehead atoms. The molecule has 1 rings (SSSR count). The number of likely N-dealkylation sites (tertiary alicyclic amines) is 1. The molecule has 3 atom stereocenters. The van der Waals surface area contributed by atoms with Crippen LogP contribution in [0.15, 0.2) is 0 Å². The van der Waals surface area contributed by atoms with E-state index < -0.39 is 0 Å². The van der Waals surface area contributed by atoms with Crippen LogP contribution in [0.5, 0.6) is 0 Å². The van der Waals surface area contributed by atoms with E-state index in [2.05, 4.69) is 32.7 Å². The van der Waals surface area contributed by atoms with Gasteiger partial charge in [0.25, 0.3) is 0 Å². The van der Waals surface area contributed by atoms with Gasteiger partial charge in [-0.25, -0.2) is 0 Å². The van der Waals surface area contributed by atoms with Crippen molar-refractivity contribution in [2.75, 3.05) is 39.1 Å². The minimum atomic E-state index is -0.00933. The van der Waals surface area contributed by atoms with Crippen molar-refractivity contribution in [1.82, 2.24) is 4.90 Å². The monoisotopic (exact) mass is 640 g/mol. The molecule has 5 nitrogen and oxygen atoms in total. The van der Waals surface area contributed by atoms with Crippen LogP contribution in [-0.2, 0) is 19.1 Å². The van der Waals surface area contributed by atoms with Gasteiger partial charge in [-0.05, 0) is 63.8 Å². The summed E-state index contributed by atoms with van der Waals surface area (Å²) in [5.41, 5.74) is 0. The van der Waals surface area contributed by atoms with Crippen LogP contribution >= 0.6 is 11.8 Å². The molecular weight excluding hydrogens is 566 g/mol. The molecule has 260 valence electrons. The van der Waals surface area contributed by atoms with E-state index in [4.69, 9.17) is 9.47 Å². The van der Waals surface area contributed by atoms with Gasteiger partial charge in [-0.2, -0.15) is 11.8 Å². The summed E-state index contributed by atoms with van der Waals surface area (Å²) in [5.74, 6) is 1.79. The Bertz CT molecular complexity index is 675. The van der Waals surface area contributed by atoms with Gasteiger partial charge in [0.1, 0.15) is 0 Å². The molecule has 1 heterocycles. The highest BCUT2D eigenvalue weighted by Gasteiger charge is 2.34. The fourth-order valence-corrected chi connectivity index (χ4v) is 7.80. The molecule has 0 aromatic heterocycles. The van der Waals surface area contributed by atoms with Crippen molar-refractivity contribution >= 4 is 23.7 Å². The Morgan fingerprint density at radius 1 is 0.705 bits per heavy atom. The fraction of sp³-hybridized carbons (Fsp3) is 0.947. The Morgan fingerprint density at radius 3 is 1.95 bits per heavy atom. The third kappa shape index (κ3) is 22.7. The SMILES string of the molecule is CCCCCCCCCSC1CN(C)CCC1C(=O)OCCCCCCCCCC(=O)OCC(CCCC)CCCCCC. The molecule has 0 aromatic carbocycles. The second-order valence-electron chi connectivity index (χ2n) is 13.6. The lowest BCUT2D eigenvalue weighted by atomic mass is 9.96. The number of hydrogen-bond acceptors (Lipinski definition) is 6. The number of thioether (sulfide) groups is 1. The fourth-order valence-electron chi connectivity index (χ4n) is 6.29. The average molecular weight is 640 g/mol. The number of unbranched alkanes of at least 4 members (excludes halogenated alkanes) is 16. The van der Waals surface area contributed by atoms with Crippen LogP contribution < -0.4 is 0 Å². The van der Waals surface area contributed by atoms with Crippen LogP contribution in [0.1, 0.15) is 175 Å². The van der Waals surface area contributed by atoms with Crippen molar-refractivity contribution in [3.05, 3.63) is 0 Å². The molecule has 0 N–H and O–H groups in total. The first-order valence-electron chi connectivity index (χ1n) is 19.1. The van der Waals surface area contributed by atoms with Crippen LogP contribution in [0.4, 0.5) is 0 Å². The van der Waals surface area contributed by atoms with Gasteiger partial charge in [0.05, 0.1) is 19.1 Å². The van der Waals surface area contributed by atoms with E-state index in [1.54, 1.807) is 0 Å². The van der Waals surface area contributed by atoms with E-state index in [9.17, 15) is 9.59 Å². The third-order valence-corrected chi connectivity index (χ3v) is 10.8. The second-order valence-corrected chi connectivity index (χ2v) is 15.0. The molecule has 3 unspecified atom stereocenters. The van der Waals surface area contributed by atoms with Crippen LogP contribution in [0.2, 0.25) is 0 Å². The van der Waals surface area contributed by atoms with Crippen LogP contribution in [0.25, 0.3) is 0 Å². The van der Waals surface area contributed by atoms with E-state index in [-0.39, 0.29) is 17.9 Å². The number of ether oxygens (including phenoxy) is 2. The predicted molar refractivity (Wildman–Crippen MR) is 190 cm³/mol. The smallest absolute Gasteiger partial charge is 0.310 e. The molecule has 0 radical (unpaired) electrons. The maximum Gasteiger partial charge on any atom is 0.310 e. The van der Waals surface area contributed by atoms with Gasteiger partial charge in [-0.1, -0.05) is 130 Å². The number of esters is 2. The largest absolute Gasteiger partial charge is 0.465 e. The molecule has 0 spiro atoms. The molecule has 1 aliphatic rings. The zero-order chi connectivity index (χ0) is 32.1. The lowest BCUT2D eigenvalue weighted by Crippen LogP contribution is -2.44. The highest BCUT2D eigenvalue weighted by molar-refractivity contribution is 7.99. The van der Waals surface area contributed by atoms with Crippen molar-refractivity contribution < 1.29 is 19.1 Å². The van der Waals surface area contributed by atoms with Gasteiger partial charge >= 0.3 is 11.9 Å². The van der Waals surface area contributed by atoms with Gasteiger partial charge in [0.15, 0.2) is 0 Å². The Balaban J connectivity index is 2.07.